The van der Waals surface area contributed by atoms with Crippen LogP contribution in [-0.2, 0) is 13.6 Å². The first kappa shape index (κ1) is 12.2. The van der Waals surface area contributed by atoms with Crippen LogP contribution in [0.25, 0.3) is 0 Å². The zero-order chi connectivity index (χ0) is 11.5. The summed E-state index contributed by atoms with van der Waals surface area (Å²) >= 11 is 0. The van der Waals surface area contributed by atoms with Crippen molar-refractivity contribution in [2.75, 3.05) is 20.1 Å². The molecule has 2 N–H and O–H groups in total. The summed E-state index contributed by atoms with van der Waals surface area (Å²) in [6.07, 6.45) is 1.83. The highest BCUT2D eigenvalue weighted by atomic mass is 15.3. The van der Waals surface area contributed by atoms with Gasteiger partial charge in [-0.05, 0) is 25.1 Å². The topological polar surface area (TPSA) is 47.1 Å². The Morgan fingerprint density at radius 1 is 1.53 bits per heavy atom. The summed E-state index contributed by atoms with van der Waals surface area (Å²) in [5, 5.41) is 4.15. The molecule has 0 saturated carbocycles. The minimum absolute atomic E-state index is 0.174. The molecule has 0 bridgehead atoms. The molecule has 0 aliphatic carbocycles. The molecule has 4 heteroatoms. The van der Waals surface area contributed by atoms with E-state index in [1.54, 1.807) is 0 Å². The fraction of sp³-hybridized carbons (Fsp3) is 0.727. The van der Waals surface area contributed by atoms with Gasteiger partial charge in [-0.25, -0.2) is 0 Å². The smallest absolute Gasteiger partial charge is 0.0520 e. The number of hydrogen-bond acceptors (Lipinski definition) is 3. The average Bonchev–Trinajstić information content (AvgIpc) is 2.51. The number of nitrogens with zero attached hydrogens (tertiary/aromatic N) is 3. The van der Waals surface area contributed by atoms with E-state index in [1.807, 2.05) is 24.0 Å². The van der Waals surface area contributed by atoms with Gasteiger partial charge < -0.3 is 5.73 Å². The second kappa shape index (κ2) is 4.77. The summed E-state index contributed by atoms with van der Waals surface area (Å²) in [5.74, 6) is 0. The Bertz CT molecular complexity index is 303. The second-order valence-electron chi connectivity index (χ2n) is 4.99. The maximum absolute atomic E-state index is 5.71. The van der Waals surface area contributed by atoms with Gasteiger partial charge in [-0.1, -0.05) is 13.8 Å². The maximum atomic E-state index is 5.71. The van der Waals surface area contributed by atoms with E-state index >= 15 is 0 Å². The van der Waals surface area contributed by atoms with Crippen molar-refractivity contribution < 1.29 is 0 Å². The Morgan fingerprint density at radius 2 is 2.20 bits per heavy atom. The molecule has 0 unspecified atom stereocenters. The van der Waals surface area contributed by atoms with Gasteiger partial charge in [0, 0.05) is 26.3 Å². The van der Waals surface area contributed by atoms with Gasteiger partial charge in [-0.3, -0.25) is 9.58 Å². The first-order valence-corrected chi connectivity index (χ1v) is 5.30. The number of aryl methyl sites for hydroxylation is 1. The summed E-state index contributed by atoms with van der Waals surface area (Å²) < 4.78 is 1.91. The molecule has 86 valence electrons. The van der Waals surface area contributed by atoms with Crippen molar-refractivity contribution in [2.24, 2.45) is 18.2 Å². The SMILES string of the molecule is CN(Cc1ccnn1C)CC(C)(C)CN. The van der Waals surface area contributed by atoms with E-state index in [9.17, 15) is 0 Å². The minimum atomic E-state index is 0.174. The van der Waals surface area contributed by atoms with E-state index in [0.717, 1.165) is 13.1 Å². The lowest BCUT2D eigenvalue weighted by Crippen LogP contribution is -2.36. The number of aromatic nitrogens is 2. The Morgan fingerprint density at radius 3 is 2.67 bits per heavy atom. The lowest BCUT2D eigenvalue weighted by atomic mass is 9.93. The normalized spacial score (nSPS) is 12.4. The Labute approximate surface area is 92.1 Å². The van der Waals surface area contributed by atoms with Gasteiger partial charge in [0.2, 0.25) is 0 Å². The van der Waals surface area contributed by atoms with Crippen LogP contribution in [-0.4, -0.2) is 34.8 Å². The molecule has 0 spiro atoms. The summed E-state index contributed by atoms with van der Waals surface area (Å²) in [6.45, 7) is 7.00. The zero-order valence-electron chi connectivity index (χ0n) is 10.2. The standard InChI is InChI=1S/C11H22N4/c1-11(2,8-12)9-14(3)7-10-5-6-13-15(10)4/h5-6H,7-9,12H2,1-4H3. The predicted octanol–water partition coefficient (Wildman–Crippen LogP) is 0.837. The van der Waals surface area contributed by atoms with Crippen molar-refractivity contribution in [2.45, 2.75) is 20.4 Å². The van der Waals surface area contributed by atoms with Crippen molar-refractivity contribution in [1.82, 2.24) is 14.7 Å². The van der Waals surface area contributed by atoms with Crippen LogP contribution in [0.2, 0.25) is 0 Å². The largest absolute Gasteiger partial charge is 0.330 e. The molecule has 0 aromatic carbocycles. The average molecular weight is 210 g/mol. The van der Waals surface area contributed by atoms with Crippen molar-refractivity contribution in [3.63, 3.8) is 0 Å². The number of rotatable bonds is 5. The number of hydrogen-bond donors (Lipinski definition) is 1. The lowest BCUT2D eigenvalue weighted by molar-refractivity contribution is 0.206. The molecule has 0 atom stereocenters. The molecule has 1 aromatic heterocycles. The third kappa shape index (κ3) is 3.64. The van der Waals surface area contributed by atoms with E-state index in [0.29, 0.717) is 6.54 Å². The van der Waals surface area contributed by atoms with Crippen LogP contribution < -0.4 is 5.73 Å². The molecule has 0 fully saturated rings. The molecule has 0 saturated heterocycles. The van der Waals surface area contributed by atoms with E-state index in [1.165, 1.54) is 5.69 Å². The maximum Gasteiger partial charge on any atom is 0.0520 e. The molecule has 0 aliphatic heterocycles. The Hall–Kier alpha value is -0.870. The molecule has 0 amide bonds. The summed E-state index contributed by atoms with van der Waals surface area (Å²) in [7, 11) is 4.08. The molecule has 0 aliphatic rings. The van der Waals surface area contributed by atoms with Crippen molar-refractivity contribution in [3.8, 4) is 0 Å². The highest BCUT2D eigenvalue weighted by molar-refractivity contribution is 4.99. The van der Waals surface area contributed by atoms with Crippen LogP contribution in [0.15, 0.2) is 12.3 Å². The Kier molecular flexibility index (Phi) is 3.88. The zero-order valence-corrected chi connectivity index (χ0v) is 10.2. The fourth-order valence-corrected chi connectivity index (χ4v) is 1.68. The lowest BCUT2D eigenvalue weighted by Gasteiger charge is -2.28. The van der Waals surface area contributed by atoms with Gasteiger partial charge in [0.15, 0.2) is 0 Å². The minimum Gasteiger partial charge on any atom is -0.330 e. The van der Waals surface area contributed by atoms with Gasteiger partial charge in [-0.2, -0.15) is 5.10 Å². The molecule has 0 radical (unpaired) electrons. The summed E-state index contributed by atoms with van der Waals surface area (Å²) in [5.41, 5.74) is 7.11. The first-order valence-electron chi connectivity index (χ1n) is 5.30. The summed E-state index contributed by atoms with van der Waals surface area (Å²) in [4.78, 5) is 2.28. The van der Waals surface area contributed by atoms with Gasteiger partial charge in [0.25, 0.3) is 0 Å². The second-order valence-corrected chi connectivity index (χ2v) is 4.99. The highest BCUT2D eigenvalue weighted by Gasteiger charge is 2.18. The fourth-order valence-electron chi connectivity index (χ4n) is 1.68. The molecule has 4 nitrogen and oxygen atoms in total. The number of nitrogens with two attached hydrogens (primary N) is 1. The molecular weight excluding hydrogens is 188 g/mol. The molecule has 15 heavy (non-hydrogen) atoms. The van der Waals surface area contributed by atoms with Crippen LogP contribution in [0.4, 0.5) is 0 Å². The van der Waals surface area contributed by atoms with Gasteiger partial charge >= 0.3 is 0 Å². The third-order valence-electron chi connectivity index (χ3n) is 2.60. The van der Waals surface area contributed by atoms with Crippen LogP contribution in [0.3, 0.4) is 0 Å². The monoisotopic (exact) mass is 210 g/mol. The van der Waals surface area contributed by atoms with Crippen LogP contribution in [0, 0.1) is 5.41 Å². The van der Waals surface area contributed by atoms with Gasteiger partial charge in [0.05, 0.1) is 5.69 Å². The summed E-state index contributed by atoms with van der Waals surface area (Å²) in [6, 6.07) is 2.05. The molecule has 1 heterocycles. The van der Waals surface area contributed by atoms with Crippen LogP contribution in [0.5, 0.6) is 0 Å². The Balaban J connectivity index is 2.50. The molecular formula is C11H22N4. The predicted molar refractivity (Wildman–Crippen MR) is 62.4 cm³/mol. The van der Waals surface area contributed by atoms with E-state index < -0.39 is 0 Å². The van der Waals surface area contributed by atoms with Crippen LogP contribution >= 0.6 is 0 Å². The van der Waals surface area contributed by atoms with Gasteiger partial charge in [-0.15, -0.1) is 0 Å². The first-order chi connectivity index (χ1) is 6.94. The van der Waals surface area contributed by atoms with Crippen molar-refractivity contribution in [3.05, 3.63) is 18.0 Å². The van der Waals surface area contributed by atoms with Crippen LogP contribution in [0.1, 0.15) is 19.5 Å². The van der Waals surface area contributed by atoms with E-state index in [-0.39, 0.29) is 5.41 Å². The quantitative estimate of drug-likeness (QED) is 0.783. The van der Waals surface area contributed by atoms with Crippen molar-refractivity contribution in [1.29, 1.82) is 0 Å². The van der Waals surface area contributed by atoms with E-state index in [4.69, 9.17) is 5.73 Å². The molecule has 1 aromatic rings. The molecule has 1 rings (SSSR count). The van der Waals surface area contributed by atoms with Gasteiger partial charge in [0.1, 0.15) is 0 Å². The van der Waals surface area contributed by atoms with Crippen molar-refractivity contribution >= 4 is 0 Å². The third-order valence-corrected chi connectivity index (χ3v) is 2.60. The van der Waals surface area contributed by atoms with E-state index in [2.05, 4.69) is 30.9 Å². The highest BCUT2D eigenvalue weighted by Crippen LogP contribution is 2.15.